The van der Waals surface area contributed by atoms with Gasteiger partial charge in [0.1, 0.15) is 0 Å². The molecule has 0 radical (unpaired) electrons. The van der Waals surface area contributed by atoms with Crippen LogP contribution in [0.25, 0.3) is 110 Å². The van der Waals surface area contributed by atoms with Gasteiger partial charge in [0.15, 0.2) is 0 Å². The highest BCUT2D eigenvalue weighted by molar-refractivity contribution is 6.22. The number of hydrogen-bond donors (Lipinski definition) is 0. The summed E-state index contributed by atoms with van der Waals surface area (Å²) in [6.45, 7) is 0. The number of rotatable bonds is 4. The topological polar surface area (TPSA) is 51.6 Å². The Hall–Kier alpha value is -7.30. The molecule has 0 fully saturated rings. The van der Waals surface area contributed by atoms with Crippen molar-refractivity contribution in [3.05, 3.63) is 182 Å². The molecule has 0 N–H and O–H groups in total. The minimum Gasteiger partial charge on any atom is -0.253 e. The summed E-state index contributed by atoms with van der Waals surface area (Å²) in [4.78, 5) is 20.5. The van der Waals surface area contributed by atoms with Crippen LogP contribution >= 0.6 is 0 Å². The lowest BCUT2D eigenvalue weighted by Crippen LogP contribution is -1.94. The van der Waals surface area contributed by atoms with E-state index in [4.69, 9.17) is 19.9 Å². The third-order valence-electron chi connectivity index (χ3n) is 10.7. The first-order valence-electron chi connectivity index (χ1n) is 18.2. The smallest absolute Gasteiger partial charge is 0.0972 e. The lowest BCUT2D eigenvalue weighted by molar-refractivity contribution is 1.37. The fraction of sp³-hybridized carbons (Fsp3) is 0. The van der Waals surface area contributed by atoms with Crippen LogP contribution in [0.5, 0.6) is 0 Å². The van der Waals surface area contributed by atoms with E-state index in [9.17, 15) is 0 Å². The molecule has 0 bridgehead atoms. The molecule has 4 aromatic heterocycles. The fourth-order valence-corrected chi connectivity index (χ4v) is 8.12. The van der Waals surface area contributed by atoms with E-state index in [-0.39, 0.29) is 0 Å². The van der Waals surface area contributed by atoms with Crippen LogP contribution in [-0.2, 0) is 0 Å². The average Bonchev–Trinajstić information content (AvgIpc) is 3.25. The summed E-state index contributed by atoms with van der Waals surface area (Å²) in [7, 11) is 0. The molecule has 250 valence electrons. The summed E-state index contributed by atoms with van der Waals surface area (Å²) in [6, 6.07) is 59.7. The van der Waals surface area contributed by atoms with Crippen LogP contribution in [0, 0.1) is 0 Å². The summed E-state index contributed by atoms with van der Waals surface area (Å²) >= 11 is 0. The zero-order chi connectivity index (χ0) is 35.6. The first-order chi connectivity index (χ1) is 26.8. The van der Waals surface area contributed by atoms with Crippen LogP contribution < -0.4 is 0 Å². The van der Waals surface area contributed by atoms with Crippen molar-refractivity contribution in [2.45, 2.75) is 0 Å². The molecule has 0 spiro atoms. The summed E-state index contributed by atoms with van der Waals surface area (Å²) < 4.78 is 0. The van der Waals surface area contributed by atoms with E-state index in [1.165, 1.54) is 32.7 Å². The lowest BCUT2D eigenvalue weighted by atomic mass is 9.86. The van der Waals surface area contributed by atoms with Crippen molar-refractivity contribution in [1.82, 2.24) is 19.9 Å². The zero-order valence-corrected chi connectivity index (χ0v) is 29.1. The second-order valence-electron chi connectivity index (χ2n) is 13.8. The van der Waals surface area contributed by atoms with Crippen molar-refractivity contribution in [3.8, 4) is 44.8 Å². The standard InChI is InChI=1S/C50H30N4/c1-3-11-31(12-4-1)43-25-23-33-19-21-35-27-37(29-51-47(35)49(33)53-43)45-39-15-7-9-17-41(39)46(42-18-10-8-16-40(42)45)38-28-36-22-20-34-24-26-44(32-13-5-2-6-14-32)54-50(34)48(36)52-30-38/h1-30H. The first kappa shape index (κ1) is 30.3. The average molecular weight is 687 g/mol. The van der Waals surface area contributed by atoms with Crippen molar-refractivity contribution in [3.63, 3.8) is 0 Å². The normalized spacial score (nSPS) is 11.7. The SMILES string of the molecule is c1ccc(-c2ccc3ccc4cc(-c5c6ccccc6c(-c6cnc7c(ccc8ccc(-c9ccccc9)nc87)c6)c6ccccc56)cnc4c3n2)cc1. The van der Waals surface area contributed by atoms with Crippen molar-refractivity contribution >= 4 is 65.2 Å². The Labute approximate surface area is 311 Å². The molecule has 4 heteroatoms. The van der Waals surface area contributed by atoms with Gasteiger partial charge in [0.05, 0.1) is 33.5 Å². The maximum absolute atomic E-state index is 5.12. The van der Waals surface area contributed by atoms with Crippen molar-refractivity contribution in [2.75, 3.05) is 0 Å². The molecule has 0 aliphatic rings. The van der Waals surface area contributed by atoms with Crippen molar-refractivity contribution in [1.29, 1.82) is 0 Å². The molecule has 0 atom stereocenters. The van der Waals surface area contributed by atoms with Gasteiger partial charge in [-0.15, -0.1) is 0 Å². The van der Waals surface area contributed by atoms with Gasteiger partial charge >= 0.3 is 0 Å². The minimum atomic E-state index is 0.902. The third kappa shape index (κ3) is 4.85. The van der Waals surface area contributed by atoms with Crippen LogP contribution in [-0.4, -0.2) is 19.9 Å². The van der Waals surface area contributed by atoms with E-state index in [1.54, 1.807) is 0 Å². The number of hydrogen-bond acceptors (Lipinski definition) is 4. The quantitative estimate of drug-likeness (QED) is 0.137. The van der Waals surface area contributed by atoms with E-state index >= 15 is 0 Å². The molecule has 54 heavy (non-hydrogen) atoms. The van der Waals surface area contributed by atoms with Crippen LogP contribution in [0.3, 0.4) is 0 Å². The van der Waals surface area contributed by atoms with Crippen molar-refractivity contribution < 1.29 is 0 Å². The van der Waals surface area contributed by atoms with Crippen LogP contribution in [0.4, 0.5) is 0 Å². The lowest BCUT2D eigenvalue weighted by Gasteiger charge is -2.18. The molecule has 0 saturated carbocycles. The molecular weight excluding hydrogens is 657 g/mol. The van der Waals surface area contributed by atoms with Gasteiger partial charge < -0.3 is 0 Å². The third-order valence-corrected chi connectivity index (χ3v) is 10.7. The Morgan fingerprint density at radius 2 is 0.630 bits per heavy atom. The molecular formula is C50H30N4. The highest BCUT2D eigenvalue weighted by atomic mass is 14.8. The molecule has 0 saturated heterocycles. The van der Waals surface area contributed by atoms with Gasteiger partial charge in [0.2, 0.25) is 0 Å². The van der Waals surface area contributed by atoms with Gasteiger partial charge in [0, 0.05) is 56.2 Å². The largest absolute Gasteiger partial charge is 0.253 e. The monoisotopic (exact) mass is 686 g/mol. The van der Waals surface area contributed by atoms with Crippen LogP contribution in [0.1, 0.15) is 0 Å². The van der Waals surface area contributed by atoms with E-state index in [1.807, 2.05) is 48.8 Å². The Morgan fingerprint density at radius 3 is 1.04 bits per heavy atom. The molecule has 4 nitrogen and oxygen atoms in total. The van der Waals surface area contributed by atoms with Gasteiger partial charge in [-0.05, 0) is 56.9 Å². The summed E-state index contributed by atoms with van der Waals surface area (Å²) in [5, 5.41) is 8.96. The highest BCUT2D eigenvalue weighted by Crippen LogP contribution is 2.44. The van der Waals surface area contributed by atoms with Gasteiger partial charge in [-0.3, -0.25) is 9.97 Å². The summed E-state index contributed by atoms with van der Waals surface area (Å²) in [5.41, 5.74) is 12.2. The Bertz CT molecular complexity index is 2990. The zero-order valence-electron chi connectivity index (χ0n) is 29.1. The van der Waals surface area contributed by atoms with Crippen LogP contribution in [0.15, 0.2) is 182 Å². The van der Waals surface area contributed by atoms with Gasteiger partial charge in [-0.25, -0.2) is 9.97 Å². The summed E-state index contributed by atoms with van der Waals surface area (Å²) in [6.07, 6.45) is 4.04. The molecule has 0 aliphatic carbocycles. The Morgan fingerprint density at radius 1 is 0.278 bits per heavy atom. The van der Waals surface area contributed by atoms with Crippen LogP contribution in [0.2, 0.25) is 0 Å². The summed E-state index contributed by atoms with van der Waals surface area (Å²) in [5.74, 6) is 0. The van der Waals surface area contributed by atoms with Gasteiger partial charge in [-0.1, -0.05) is 146 Å². The van der Waals surface area contributed by atoms with Gasteiger partial charge in [-0.2, -0.15) is 0 Å². The molecule has 0 amide bonds. The highest BCUT2D eigenvalue weighted by Gasteiger charge is 2.19. The van der Waals surface area contributed by atoms with E-state index in [2.05, 4.69) is 133 Å². The minimum absolute atomic E-state index is 0.902. The number of nitrogens with zero attached hydrogens (tertiary/aromatic N) is 4. The Kier molecular flexibility index (Phi) is 6.82. The molecule has 11 aromatic rings. The fourth-order valence-electron chi connectivity index (χ4n) is 8.12. The maximum Gasteiger partial charge on any atom is 0.0972 e. The Balaban J connectivity index is 1.09. The molecule has 0 unspecified atom stereocenters. The maximum atomic E-state index is 5.12. The van der Waals surface area contributed by atoms with Gasteiger partial charge in [0.25, 0.3) is 0 Å². The van der Waals surface area contributed by atoms with E-state index in [0.717, 1.165) is 77.3 Å². The number of pyridine rings is 4. The molecule has 4 heterocycles. The van der Waals surface area contributed by atoms with E-state index < -0.39 is 0 Å². The molecule has 7 aromatic carbocycles. The molecule has 0 aliphatic heterocycles. The number of aromatic nitrogens is 4. The first-order valence-corrected chi connectivity index (χ1v) is 18.2. The second-order valence-corrected chi connectivity index (χ2v) is 13.8. The second kappa shape index (κ2) is 12.1. The number of fused-ring (bicyclic) bond motifs is 8. The molecule has 11 rings (SSSR count). The van der Waals surface area contributed by atoms with Crippen molar-refractivity contribution in [2.24, 2.45) is 0 Å². The van der Waals surface area contributed by atoms with E-state index in [0.29, 0.717) is 0 Å². The number of benzene rings is 7. The predicted octanol–water partition coefficient (Wildman–Crippen LogP) is 12.9. The predicted molar refractivity (Wildman–Crippen MR) is 224 cm³/mol.